The molecule has 0 unspecified atom stereocenters. The number of fused-ring (bicyclic) bond motifs is 1. The van der Waals surface area contributed by atoms with Gasteiger partial charge in [-0.25, -0.2) is 14.2 Å². The molecule has 0 radical (unpaired) electrons. The average Bonchev–Trinajstić information content (AvgIpc) is 3.16. The maximum absolute atomic E-state index is 16.1. The van der Waals surface area contributed by atoms with E-state index in [1.807, 2.05) is 91.0 Å². The molecule has 252 valence electrons. The number of pyridine rings is 2. The first-order chi connectivity index (χ1) is 24.4. The van der Waals surface area contributed by atoms with Crippen molar-refractivity contribution in [2.45, 2.75) is 12.5 Å². The molecule has 4 aromatic carbocycles. The molecule has 0 fully saturated rings. The maximum atomic E-state index is 16.1. The van der Waals surface area contributed by atoms with Crippen LogP contribution in [0.25, 0.3) is 22.3 Å². The minimum atomic E-state index is -1.08. The van der Waals surface area contributed by atoms with Crippen molar-refractivity contribution in [1.29, 1.82) is 0 Å². The van der Waals surface area contributed by atoms with Gasteiger partial charge in [0.05, 0.1) is 18.6 Å². The molecule has 0 saturated heterocycles. The van der Waals surface area contributed by atoms with Gasteiger partial charge in [-0.2, -0.15) is 0 Å². The molecule has 0 amide bonds. The van der Waals surface area contributed by atoms with Crippen LogP contribution in [0.3, 0.4) is 0 Å². The predicted molar refractivity (Wildman–Crippen MR) is 190 cm³/mol. The summed E-state index contributed by atoms with van der Waals surface area (Å²) in [5, 5.41) is -0.0996. The van der Waals surface area contributed by atoms with Gasteiger partial charge in [-0.15, -0.1) is 0 Å². The van der Waals surface area contributed by atoms with Crippen molar-refractivity contribution in [2.24, 2.45) is 0 Å². The lowest BCUT2D eigenvalue weighted by Crippen LogP contribution is -2.33. The monoisotopic (exact) mass is 670 g/mol. The number of aromatic nitrogens is 2. The van der Waals surface area contributed by atoms with E-state index in [4.69, 9.17) is 18.9 Å². The molecular formula is C41H35FN2O6. The lowest BCUT2D eigenvalue weighted by Gasteiger charge is -2.36. The highest BCUT2D eigenvalue weighted by Gasteiger charge is 2.38. The largest absolute Gasteiger partial charge is 0.468 e. The number of benzene rings is 4. The van der Waals surface area contributed by atoms with Crippen molar-refractivity contribution in [3.05, 3.63) is 178 Å². The number of nitrogens with zero attached hydrogens (tertiary/aromatic N) is 2. The van der Waals surface area contributed by atoms with Crippen LogP contribution in [0.1, 0.15) is 39.7 Å². The fourth-order valence-corrected chi connectivity index (χ4v) is 5.89. The van der Waals surface area contributed by atoms with Crippen LogP contribution >= 0.6 is 0 Å². The van der Waals surface area contributed by atoms with Crippen LogP contribution in [0.2, 0.25) is 0 Å². The molecule has 0 saturated carbocycles. The topological polar surface area (TPSA) is 88.9 Å². The second kappa shape index (κ2) is 15.1. The highest BCUT2D eigenvalue weighted by Crippen LogP contribution is 2.41. The zero-order chi connectivity index (χ0) is 35.1. The Hall–Kier alpha value is -5.90. The van der Waals surface area contributed by atoms with Crippen LogP contribution in [-0.4, -0.2) is 42.6 Å². The van der Waals surface area contributed by atoms with Crippen molar-refractivity contribution in [2.75, 3.05) is 27.1 Å². The van der Waals surface area contributed by atoms with E-state index in [-0.39, 0.29) is 47.9 Å². The molecular weight excluding hydrogens is 635 g/mol. The third kappa shape index (κ3) is 6.69. The highest BCUT2D eigenvalue weighted by molar-refractivity contribution is 5.94. The van der Waals surface area contributed by atoms with E-state index < -0.39 is 22.8 Å². The Labute approximate surface area is 289 Å². The number of ether oxygens (including phenoxy) is 4. The molecule has 0 N–H and O–H groups in total. The van der Waals surface area contributed by atoms with Gasteiger partial charge in [-0.1, -0.05) is 97.6 Å². The predicted octanol–water partition coefficient (Wildman–Crippen LogP) is 7.71. The van der Waals surface area contributed by atoms with Crippen molar-refractivity contribution in [3.63, 3.8) is 0 Å². The SMILES string of the molecule is C=C(COC(c1ccccc1)(c1ccccc1)c1ccccc1)c1nc2c(cc1F)c(=O)c(C(=O)OCC)cn2-c1ccc(OCOC)cc1. The van der Waals surface area contributed by atoms with Gasteiger partial charge in [0.15, 0.2) is 6.79 Å². The van der Waals surface area contributed by atoms with Gasteiger partial charge < -0.3 is 23.5 Å². The lowest BCUT2D eigenvalue weighted by molar-refractivity contribution is 0.0354. The summed E-state index contributed by atoms with van der Waals surface area (Å²) in [4.78, 5) is 31.1. The first kappa shape index (κ1) is 34.0. The standard InChI is InChI=1S/C41H35FN2O6/c1-4-48-40(46)35-25-44(32-20-22-33(23-21-32)49-27-47-3)39-34(38(35)45)24-36(42)37(43-39)28(2)26-50-41(29-14-8-5-9-15-29,30-16-10-6-11-17-30)31-18-12-7-13-19-31/h5-25H,2,4,26-27H2,1,3H3. The molecule has 2 heterocycles. The summed E-state index contributed by atoms with van der Waals surface area (Å²) in [6, 6.07) is 37.3. The molecule has 8 nitrogen and oxygen atoms in total. The van der Waals surface area contributed by atoms with E-state index in [2.05, 4.69) is 11.6 Å². The quantitative estimate of drug-likeness (QED) is 0.0707. The molecule has 0 aliphatic heterocycles. The zero-order valence-electron chi connectivity index (χ0n) is 27.7. The van der Waals surface area contributed by atoms with Crippen molar-refractivity contribution >= 4 is 22.6 Å². The maximum Gasteiger partial charge on any atom is 0.343 e. The third-order valence-electron chi connectivity index (χ3n) is 8.22. The first-order valence-corrected chi connectivity index (χ1v) is 16.0. The number of halogens is 1. The Kier molecular flexibility index (Phi) is 10.3. The Morgan fingerprint density at radius 2 is 1.42 bits per heavy atom. The number of hydrogen-bond acceptors (Lipinski definition) is 7. The van der Waals surface area contributed by atoms with Crippen LogP contribution in [0, 0.1) is 5.82 Å². The molecule has 50 heavy (non-hydrogen) atoms. The lowest BCUT2D eigenvalue weighted by atomic mass is 9.80. The van der Waals surface area contributed by atoms with Crippen molar-refractivity contribution in [3.8, 4) is 11.4 Å². The van der Waals surface area contributed by atoms with Crippen LogP contribution in [0.15, 0.2) is 139 Å². The molecule has 6 rings (SSSR count). The first-order valence-electron chi connectivity index (χ1n) is 16.0. The van der Waals surface area contributed by atoms with E-state index in [1.165, 1.54) is 13.3 Å². The number of carbonyl (C=O) groups excluding carboxylic acids is 1. The fourth-order valence-electron chi connectivity index (χ4n) is 5.89. The van der Waals surface area contributed by atoms with Gasteiger partial charge in [0.1, 0.15) is 34.1 Å². The van der Waals surface area contributed by atoms with E-state index in [1.54, 1.807) is 35.8 Å². The molecule has 2 aromatic heterocycles. The Bertz CT molecular complexity index is 2070. The van der Waals surface area contributed by atoms with Crippen molar-refractivity contribution < 1.29 is 28.1 Å². The zero-order valence-corrected chi connectivity index (χ0v) is 27.7. The smallest absolute Gasteiger partial charge is 0.343 e. The van der Waals surface area contributed by atoms with Crippen LogP contribution in [0.5, 0.6) is 5.75 Å². The van der Waals surface area contributed by atoms with Gasteiger partial charge in [-0.3, -0.25) is 4.79 Å². The van der Waals surface area contributed by atoms with E-state index >= 15 is 4.39 Å². The number of methoxy groups -OCH3 is 1. The summed E-state index contributed by atoms with van der Waals surface area (Å²) in [6.45, 7) is 5.83. The normalized spacial score (nSPS) is 11.3. The van der Waals surface area contributed by atoms with E-state index in [9.17, 15) is 9.59 Å². The van der Waals surface area contributed by atoms with E-state index in [0.717, 1.165) is 22.8 Å². The van der Waals surface area contributed by atoms with Crippen LogP contribution in [-0.2, 0) is 19.8 Å². The second-order valence-electron chi connectivity index (χ2n) is 11.4. The molecule has 6 aromatic rings. The second-order valence-corrected chi connectivity index (χ2v) is 11.4. The van der Waals surface area contributed by atoms with Gasteiger partial charge in [0.2, 0.25) is 5.43 Å². The molecule has 0 bridgehead atoms. The average molecular weight is 671 g/mol. The molecule has 0 aliphatic carbocycles. The summed E-state index contributed by atoms with van der Waals surface area (Å²) < 4.78 is 40.1. The Morgan fingerprint density at radius 1 is 0.860 bits per heavy atom. The highest BCUT2D eigenvalue weighted by atomic mass is 19.1. The Balaban J connectivity index is 1.46. The third-order valence-corrected chi connectivity index (χ3v) is 8.22. The minimum absolute atomic E-state index is 0.0573. The van der Waals surface area contributed by atoms with Gasteiger partial charge >= 0.3 is 5.97 Å². The fraction of sp³-hybridized carbons (Fsp3) is 0.146. The molecule has 0 spiro atoms. The minimum Gasteiger partial charge on any atom is -0.468 e. The van der Waals surface area contributed by atoms with Gasteiger partial charge in [0.25, 0.3) is 0 Å². The number of hydrogen-bond donors (Lipinski definition) is 0. The number of rotatable bonds is 13. The van der Waals surface area contributed by atoms with Crippen molar-refractivity contribution in [1.82, 2.24) is 9.55 Å². The van der Waals surface area contributed by atoms with Crippen LogP contribution < -0.4 is 10.2 Å². The molecule has 0 aliphatic rings. The van der Waals surface area contributed by atoms with E-state index in [0.29, 0.717) is 11.4 Å². The van der Waals surface area contributed by atoms with Gasteiger partial charge in [-0.05, 0) is 59.5 Å². The molecule has 9 heteroatoms. The molecule has 0 atom stereocenters. The number of carbonyl (C=O) groups is 1. The Morgan fingerprint density at radius 3 is 1.94 bits per heavy atom. The summed E-state index contributed by atoms with van der Waals surface area (Å²) in [5.74, 6) is -1.08. The summed E-state index contributed by atoms with van der Waals surface area (Å²) in [5.41, 5.74) is 1.38. The van der Waals surface area contributed by atoms with Crippen LogP contribution in [0.4, 0.5) is 4.39 Å². The van der Waals surface area contributed by atoms with Gasteiger partial charge in [0, 0.05) is 19.0 Å². The summed E-state index contributed by atoms with van der Waals surface area (Å²) >= 11 is 0. The number of esters is 1. The summed E-state index contributed by atoms with van der Waals surface area (Å²) in [7, 11) is 1.52. The summed E-state index contributed by atoms with van der Waals surface area (Å²) in [6.07, 6.45) is 1.35.